The molecular weight excluding hydrogens is 407 g/mol. The summed E-state index contributed by atoms with van der Waals surface area (Å²) in [5, 5.41) is 5.89. The average molecular weight is 434 g/mol. The van der Waals surface area contributed by atoms with Gasteiger partial charge in [-0.3, -0.25) is 4.79 Å². The van der Waals surface area contributed by atoms with Crippen molar-refractivity contribution >= 4 is 35.8 Å². The number of carbonyl (C=O) groups excluding carboxylic acids is 1. The quantitative estimate of drug-likeness (QED) is 0.331. The van der Waals surface area contributed by atoms with Crippen molar-refractivity contribution in [1.29, 1.82) is 0 Å². The van der Waals surface area contributed by atoms with Gasteiger partial charge in [0.25, 0.3) is 5.91 Å². The van der Waals surface area contributed by atoms with Gasteiger partial charge >= 0.3 is 0 Å². The third-order valence-electron chi connectivity index (χ3n) is 2.97. The fourth-order valence-electron chi connectivity index (χ4n) is 1.92. The van der Waals surface area contributed by atoms with Crippen LogP contribution >= 0.6 is 24.0 Å². The smallest absolute Gasteiger partial charge is 0.251 e. The van der Waals surface area contributed by atoms with Crippen LogP contribution in [0.25, 0.3) is 0 Å². The second-order valence-electron chi connectivity index (χ2n) is 5.16. The van der Waals surface area contributed by atoms with E-state index in [1.54, 1.807) is 13.2 Å². The SMILES string of the molecule is CCCNC(=O)c1cccc(CN=C(N)NC(C)COC)c1.I. The summed E-state index contributed by atoms with van der Waals surface area (Å²) in [6, 6.07) is 7.50. The Bertz CT molecular complexity index is 509. The fraction of sp³-hybridized carbons (Fsp3) is 0.500. The molecule has 0 aliphatic carbocycles. The van der Waals surface area contributed by atoms with Crippen molar-refractivity contribution in [3.05, 3.63) is 35.4 Å². The minimum Gasteiger partial charge on any atom is -0.383 e. The van der Waals surface area contributed by atoms with Gasteiger partial charge in [-0.15, -0.1) is 24.0 Å². The van der Waals surface area contributed by atoms with Gasteiger partial charge in [0, 0.05) is 25.3 Å². The van der Waals surface area contributed by atoms with Crippen LogP contribution in [0.5, 0.6) is 0 Å². The summed E-state index contributed by atoms with van der Waals surface area (Å²) in [6.07, 6.45) is 0.914. The number of halogens is 1. The van der Waals surface area contributed by atoms with Crippen LogP contribution in [0.4, 0.5) is 0 Å². The first kappa shape index (κ1) is 21.6. The van der Waals surface area contributed by atoms with Crippen molar-refractivity contribution < 1.29 is 9.53 Å². The molecule has 4 N–H and O–H groups in total. The molecule has 0 saturated heterocycles. The van der Waals surface area contributed by atoms with Crippen LogP contribution in [0.2, 0.25) is 0 Å². The number of hydrogen-bond acceptors (Lipinski definition) is 3. The third kappa shape index (κ3) is 8.75. The van der Waals surface area contributed by atoms with Crippen LogP contribution in [-0.4, -0.2) is 38.2 Å². The molecule has 0 heterocycles. The molecule has 1 atom stereocenters. The van der Waals surface area contributed by atoms with E-state index in [4.69, 9.17) is 10.5 Å². The Morgan fingerprint density at radius 1 is 1.43 bits per heavy atom. The predicted octanol–water partition coefficient (Wildman–Crippen LogP) is 1.88. The van der Waals surface area contributed by atoms with E-state index in [2.05, 4.69) is 15.6 Å². The second kappa shape index (κ2) is 12.1. The average Bonchev–Trinajstić information content (AvgIpc) is 2.51. The van der Waals surface area contributed by atoms with E-state index in [-0.39, 0.29) is 35.9 Å². The zero-order valence-corrected chi connectivity index (χ0v) is 16.3. The maximum Gasteiger partial charge on any atom is 0.251 e. The van der Waals surface area contributed by atoms with Crippen LogP contribution in [0, 0.1) is 0 Å². The molecule has 0 spiro atoms. The van der Waals surface area contributed by atoms with E-state index in [9.17, 15) is 4.79 Å². The zero-order chi connectivity index (χ0) is 16.4. The number of rotatable bonds is 8. The van der Waals surface area contributed by atoms with Crippen LogP contribution in [0.3, 0.4) is 0 Å². The summed E-state index contributed by atoms with van der Waals surface area (Å²) in [4.78, 5) is 16.2. The van der Waals surface area contributed by atoms with Gasteiger partial charge < -0.3 is 21.1 Å². The molecule has 1 rings (SSSR count). The topological polar surface area (TPSA) is 88.7 Å². The molecule has 130 valence electrons. The van der Waals surface area contributed by atoms with Gasteiger partial charge in [-0.05, 0) is 31.0 Å². The number of methoxy groups -OCH3 is 1. The minimum atomic E-state index is -0.0625. The Labute approximate surface area is 155 Å². The normalized spacial score (nSPS) is 12.2. The summed E-state index contributed by atoms with van der Waals surface area (Å²) < 4.78 is 5.02. The highest BCUT2D eigenvalue weighted by Gasteiger charge is 2.05. The van der Waals surface area contributed by atoms with Gasteiger partial charge in [0.2, 0.25) is 0 Å². The van der Waals surface area contributed by atoms with Gasteiger partial charge in [0.15, 0.2) is 5.96 Å². The van der Waals surface area contributed by atoms with E-state index >= 15 is 0 Å². The number of hydrogen-bond donors (Lipinski definition) is 3. The lowest BCUT2D eigenvalue weighted by molar-refractivity contribution is 0.0953. The first-order valence-electron chi connectivity index (χ1n) is 7.49. The molecule has 0 saturated carbocycles. The summed E-state index contributed by atoms with van der Waals surface area (Å²) in [6.45, 7) is 5.64. The van der Waals surface area contributed by atoms with Gasteiger partial charge in [-0.2, -0.15) is 0 Å². The molecule has 0 aromatic heterocycles. The molecule has 6 nitrogen and oxygen atoms in total. The first-order chi connectivity index (χ1) is 10.6. The number of carbonyl (C=O) groups is 1. The van der Waals surface area contributed by atoms with Gasteiger partial charge in [0.1, 0.15) is 0 Å². The van der Waals surface area contributed by atoms with Crippen LogP contribution in [0.1, 0.15) is 36.2 Å². The van der Waals surface area contributed by atoms with Crippen molar-refractivity contribution in [2.45, 2.75) is 32.9 Å². The highest BCUT2D eigenvalue weighted by molar-refractivity contribution is 14.0. The van der Waals surface area contributed by atoms with Crippen molar-refractivity contribution in [2.24, 2.45) is 10.7 Å². The van der Waals surface area contributed by atoms with Crippen LogP contribution in [-0.2, 0) is 11.3 Å². The van der Waals surface area contributed by atoms with E-state index in [0.29, 0.717) is 31.2 Å². The van der Waals surface area contributed by atoms with Crippen molar-refractivity contribution in [3.63, 3.8) is 0 Å². The van der Waals surface area contributed by atoms with Crippen molar-refractivity contribution in [2.75, 3.05) is 20.3 Å². The second-order valence-corrected chi connectivity index (χ2v) is 5.16. The van der Waals surface area contributed by atoms with E-state index in [1.807, 2.05) is 32.0 Å². The number of benzene rings is 1. The molecule has 1 amide bonds. The molecule has 0 radical (unpaired) electrons. The molecular formula is C16H27IN4O2. The lowest BCUT2D eigenvalue weighted by Gasteiger charge is -2.13. The van der Waals surface area contributed by atoms with Crippen LogP contribution < -0.4 is 16.4 Å². The number of amides is 1. The number of ether oxygens (including phenoxy) is 1. The van der Waals surface area contributed by atoms with E-state index in [1.165, 1.54) is 0 Å². The fourth-order valence-corrected chi connectivity index (χ4v) is 1.92. The number of nitrogens with one attached hydrogen (secondary N) is 2. The molecule has 23 heavy (non-hydrogen) atoms. The number of aliphatic imine (C=N–C) groups is 1. The Balaban J connectivity index is 0.00000484. The summed E-state index contributed by atoms with van der Waals surface area (Å²) in [7, 11) is 1.64. The predicted molar refractivity (Wildman–Crippen MR) is 104 cm³/mol. The Morgan fingerprint density at radius 3 is 2.83 bits per heavy atom. The highest BCUT2D eigenvalue weighted by atomic mass is 127. The van der Waals surface area contributed by atoms with Crippen molar-refractivity contribution in [3.8, 4) is 0 Å². The summed E-state index contributed by atoms with van der Waals surface area (Å²) in [5.74, 6) is 0.304. The largest absolute Gasteiger partial charge is 0.383 e. The van der Waals surface area contributed by atoms with E-state index < -0.39 is 0 Å². The van der Waals surface area contributed by atoms with Gasteiger partial charge in [-0.1, -0.05) is 19.1 Å². The van der Waals surface area contributed by atoms with Crippen LogP contribution in [0.15, 0.2) is 29.3 Å². The molecule has 1 aromatic carbocycles. The third-order valence-corrected chi connectivity index (χ3v) is 2.97. The highest BCUT2D eigenvalue weighted by Crippen LogP contribution is 2.06. The lowest BCUT2D eigenvalue weighted by Crippen LogP contribution is -2.40. The van der Waals surface area contributed by atoms with Gasteiger partial charge in [-0.25, -0.2) is 4.99 Å². The standard InChI is InChI=1S/C16H26N4O2.HI/c1-4-8-18-15(21)14-7-5-6-13(9-14)10-19-16(17)20-12(2)11-22-3;/h5-7,9,12H,4,8,10-11H2,1-3H3,(H,18,21)(H3,17,19,20);1H. The molecule has 0 bridgehead atoms. The molecule has 7 heteroatoms. The Kier molecular flexibility index (Phi) is 11.4. The van der Waals surface area contributed by atoms with Gasteiger partial charge in [0.05, 0.1) is 13.2 Å². The maximum atomic E-state index is 11.9. The first-order valence-corrected chi connectivity index (χ1v) is 7.49. The maximum absolute atomic E-state index is 11.9. The van der Waals surface area contributed by atoms with E-state index in [0.717, 1.165) is 12.0 Å². The summed E-state index contributed by atoms with van der Waals surface area (Å²) >= 11 is 0. The molecule has 0 aliphatic rings. The number of nitrogens with zero attached hydrogens (tertiary/aromatic N) is 1. The lowest BCUT2D eigenvalue weighted by atomic mass is 10.1. The number of nitrogens with two attached hydrogens (primary N) is 1. The molecule has 1 unspecified atom stereocenters. The van der Waals surface area contributed by atoms with Crippen molar-refractivity contribution in [1.82, 2.24) is 10.6 Å². The molecule has 0 fully saturated rings. The summed E-state index contributed by atoms with van der Waals surface area (Å²) in [5.41, 5.74) is 7.40. The monoisotopic (exact) mass is 434 g/mol. The number of guanidine groups is 1. The Morgan fingerprint density at radius 2 is 2.17 bits per heavy atom. The molecule has 0 aliphatic heterocycles. The minimum absolute atomic E-state index is 0. The Hall–Kier alpha value is -1.35. The molecule has 1 aromatic rings. The zero-order valence-electron chi connectivity index (χ0n) is 14.0.